The van der Waals surface area contributed by atoms with Crippen molar-refractivity contribution in [2.45, 2.75) is 0 Å². The van der Waals surface area contributed by atoms with Gasteiger partial charge in [0.1, 0.15) is 5.82 Å². The molecule has 1 saturated heterocycles. The van der Waals surface area contributed by atoms with Gasteiger partial charge in [-0.15, -0.1) is 0 Å². The molecule has 0 spiro atoms. The van der Waals surface area contributed by atoms with Crippen LogP contribution in [0.2, 0.25) is 10.0 Å². The van der Waals surface area contributed by atoms with Crippen molar-refractivity contribution in [3.63, 3.8) is 0 Å². The first-order chi connectivity index (χ1) is 13.9. The zero-order valence-electron chi connectivity index (χ0n) is 15.6. The molecule has 29 heavy (non-hydrogen) atoms. The summed E-state index contributed by atoms with van der Waals surface area (Å²) in [5, 5.41) is 6.19. The minimum Gasteiger partial charge on any atom is -0.324 e. The first-order valence-corrected chi connectivity index (χ1v) is 9.90. The standard InChI is InChI=1S/C20H21Cl2FN4O2/c21-14-5-6-16(23)18(11-14)25-20(29)13-27-9-7-26(8-10-27)12-19(28)24-17-4-2-1-3-15(17)22/h1-6,11H,7-10,12-13H2,(H,24,28)(H,25,29). The maximum atomic E-state index is 13.7. The lowest BCUT2D eigenvalue weighted by atomic mass is 10.2. The Morgan fingerprint density at radius 3 is 2.00 bits per heavy atom. The number of piperazine rings is 1. The fourth-order valence-corrected chi connectivity index (χ4v) is 3.40. The lowest BCUT2D eigenvalue weighted by Gasteiger charge is -2.33. The van der Waals surface area contributed by atoms with Gasteiger partial charge >= 0.3 is 0 Å². The van der Waals surface area contributed by atoms with Crippen LogP contribution in [-0.2, 0) is 9.59 Å². The van der Waals surface area contributed by atoms with Gasteiger partial charge in [-0.05, 0) is 30.3 Å². The van der Waals surface area contributed by atoms with Gasteiger partial charge in [-0.3, -0.25) is 19.4 Å². The minimum atomic E-state index is -0.530. The Labute approximate surface area is 178 Å². The summed E-state index contributed by atoms with van der Waals surface area (Å²) in [7, 11) is 0. The lowest BCUT2D eigenvalue weighted by molar-refractivity contribution is -0.120. The number of anilines is 2. The summed E-state index contributed by atoms with van der Waals surface area (Å²) in [5.74, 6) is -0.978. The van der Waals surface area contributed by atoms with Crippen molar-refractivity contribution < 1.29 is 14.0 Å². The Morgan fingerprint density at radius 1 is 0.862 bits per heavy atom. The van der Waals surface area contributed by atoms with E-state index in [0.717, 1.165) is 0 Å². The Morgan fingerprint density at radius 2 is 1.41 bits per heavy atom. The smallest absolute Gasteiger partial charge is 0.238 e. The highest BCUT2D eigenvalue weighted by Crippen LogP contribution is 2.21. The fraction of sp³-hybridized carbons (Fsp3) is 0.300. The molecule has 2 amide bonds. The second kappa shape index (κ2) is 10.0. The number of carbonyl (C=O) groups excluding carboxylic acids is 2. The Balaban J connectivity index is 1.42. The van der Waals surface area contributed by atoms with Gasteiger partial charge in [-0.1, -0.05) is 35.3 Å². The molecule has 0 saturated carbocycles. The minimum absolute atomic E-state index is 0.0670. The molecular formula is C20H21Cl2FN4O2. The van der Waals surface area contributed by atoms with E-state index in [-0.39, 0.29) is 30.6 Å². The number of para-hydroxylation sites is 1. The number of benzene rings is 2. The molecule has 2 N–H and O–H groups in total. The van der Waals surface area contributed by atoms with Gasteiger partial charge in [-0.2, -0.15) is 0 Å². The molecule has 3 rings (SSSR count). The number of rotatable bonds is 6. The first-order valence-electron chi connectivity index (χ1n) is 9.15. The molecule has 0 atom stereocenters. The van der Waals surface area contributed by atoms with Crippen LogP contribution in [0, 0.1) is 5.82 Å². The Bertz CT molecular complexity index is 889. The van der Waals surface area contributed by atoms with E-state index >= 15 is 0 Å². The van der Waals surface area contributed by atoms with Crippen LogP contribution in [0.25, 0.3) is 0 Å². The third kappa shape index (κ3) is 6.40. The molecule has 1 aliphatic heterocycles. The summed E-state index contributed by atoms with van der Waals surface area (Å²) in [4.78, 5) is 28.4. The highest BCUT2D eigenvalue weighted by molar-refractivity contribution is 6.33. The zero-order chi connectivity index (χ0) is 20.8. The van der Waals surface area contributed by atoms with Gasteiger partial charge in [0.15, 0.2) is 0 Å². The van der Waals surface area contributed by atoms with E-state index in [2.05, 4.69) is 10.6 Å². The van der Waals surface area contributed by atoms with E-state index in [1.807, 2.05) is 9.80 Å². The van der Waals surface area contributed by atoms with Crippen molar-refractivity contribution in [3.05, 3.63) is 58.3 Å². The maximum absolute atomic E-state index is 13.7. The molecule has 154 valence electrons. The maximum Gasteiger partial charge on any atom is 0.238 e. The van der Waals surface area contributed by atoms with Gasteiger partial charge in [0.2, 0.25) is 11.8 Å². The molecule has 0 aromatic heterocycles. The van der Waals surface area contributed by atoms with E-state index in [1.54, 1.807) is 24.3 Å². The van der Waals surface area contributed by atoms with Crippen molar-refractivity contribution in [3.8, 4) is 0 Å². The lowest BCUT2D eigenvalue weighted by Crippen LogP contribution is -2.50. The van der Waals surface area contributed by atoms with Crippen molar-refractivity contribution in [2.24, 2.45) is 0 Å². The third-order valence-corrected chi connectivity index (χ3v) is 5.11. The van der Waals surface area contributed by atoms with Gasteiger partial charge in [0.25, 0.3) is 0 Å². The molecule has 1 aliphatic rings. The highest BCUT2D eigenvalue weighted by atomic mass is 35.5. The number of carbonyl (C=O) groups is 2. The van der Waals surface area contributed by atoms with E-state index < -0.39 is 5.82 Å². The molecule has 0 bridgehead atoms. The van der Waals surface area contributed by atoms with Crippen LogP contribution >= 0.6 is 23.2 Å². The van der Waals surface area contributed by atoms with Crippen LogP contribution in [0.3, 0.4) is 0 Å². The van der Waals surface area contributed by atoms with Gasteiger partial charge in [0, 0.05) is 31.2 Å². The van der Waals surface area contributed by atoms with Crippen LogP contribution in [0.5, 0.6) is 0 Å². The number of hydrogen-bond donors (Lipinski definition) is 2. The quantitative estimate of drug-likeness (QED) is 0.725. The molecule has 6 nitrogen and oxygen atoms in total. The number of hydrogen-bond acceptors (Lipinski definition) is 4. The molecule has 9 heteroatoms. The van der Waals surface area contributed by atoms with Crippen molar-refractivity contribution in [1.29, 1.82) is 0 Å². The molecule has 0 radical (unpaired) electrons. The van der Waals surface area contributed by atoms with Crippen molar-refractivity contribution in [2.75, 3.05) is 49.9 Å². The SMILES string of the molecule is O=C(CN1CCN(CC(=O)Nc2ccccc2Cl)CC1)Nc1cc(Cl)ccc1F. The number of nitrogens with zero attached hydrogens (tertiary/aromatic N) is 2. The topological polar surface area (TPSA) is 64.7 Å². The molecule has 1 fully saturated rings. The molecule has 2 aromatic rings. The summed E-state index contributed by atoms with van der Waals surface area (Å²) in [6.45, 7) is 2.95. The Kier molecular flexibility index (Phi) is 7.44. The van der Waals surface area contributed by atoms with Crippen LogP contribution in [0.1, 0.15) is 0 Å². The average molecular weight is 439 g/mol. The van der Waals surface area contributed by atoms with E-state index in [1.165, 1.54) is 18.2 Å². The van der Waals surface area contributed by atoms with E-state index in [9.17, 15) is 14.0 Å². The van der Waals surface area contributed by atoms with E-state index in [0.29, 0.717) is 41.9 Å². The van der Waals surface area contributed by atoms with Crippen molar-refractivity contribution >= 4 is 46.4 Å². The highest BCUT2D eigenvalue weighted by Gasteiger charge is 2.21. The van der Waals surface area contributed by atoms with E-state index in [4.69, 9.17) is 23.2 Å². The van der Waals surface area contributed by atoms with Crippen LogP contribution in [0.15, 0.2) is 42.5 Å². The van der Waals surface area contributed by atoms with Gasteiger partial charge in [0.05, 0.1) is 29.5 Å². The summed E-state index contributed by atoms with van der Waals surface area (Å²) in [6, 6.07) is 11.1. The molecule has 1 heterocycles. The summed E-state index contributed by atoms with van der Waals surface area (Å²) in [6.07, 6.45) is 0. The Hall–Kier alpha value is -2.19. The van der Waals surface area contributed by atoms with Gasteiger partial charge in [-0.25, -0.2) is 4.39 Å². The van der Waals surface area contributed by atoms with Crippen LogP contribution in [-0.4, -0.2) is 60.9 Å². The second-order valence-corrected chi connectivity index (χ2v) is 7.60. The zero-order valence-corrected chi connectivity index (χ0v) is 17.1. The number of nitrogens with one attached hydrogen (secondary N) is 2. The third-order valence-electron chi connectivity index (χ3n) is 4.55. The average Bonchev–Trinajstić information content (AvgIpc) is 2.68. The number of halogens is 3. The molecular weight excluding hydrogens is 418 g/mol. The van der Waals surface area contributed by atoms with Crippen molar-refractivity contribution in [1.82, 2.24) is 9.80 Å². The second-order valence-electron chi connectivity index (χ2n) is 6.75. The number of amides is 2. The largest absolute Gasteiger partial charge is 0.324 e. The fourth-order valence-electron chi connectivity index (χ4n) is 3.05. The predicted molar refractivity (Wildman–Crippen MR) is 113 cm³/mol. The first kappa shape index (κ1) is 21.5. The molecule has 0 unspecified atom stereocenters. The normalized spacial score (nSPS) is 15.1. The summed E-state index contributed by atoms with van der Waals surface area (Å²) < 4.78 is 13.7. The summed E-state index contributed by atoms with van der Waals surface area (Å²) >= 11 is 11.9. The van der Waals surface area contributed by atoms with Gasteiger partial charge < -0.3 is 10.6 Å². The monoisotopic (exact) mass is 438 g/mol. The van der Waals surface area contributed by atoms with Crippen LogP contribution in [0.4, 0.5) is 15.8 Å². The van der Waals surface area contributed by atoms with Crippen LogP contribution < -0.4 is 10.6 Å². The molecule has 2 aromatic carbocycles. The predicted octanol–water partition coefficient (Wildman–Crippen LogP) is 3.33. The molecule has 0 aliphatic carbocycles. The summed E-state index contributed by atoms with van der Waals surface area (Å²) in [5.41, 5.74) is 0.653.